The summed E-state index contributed by atoms with van der Waals surface area (Å²) in [6.45, 7) is 6.77. The number of fused-ring (bicyclic) bond motifs is 1. The van der Waals surface area contributed by atoms with E-state index in [1.807, 2.05) is 6.92 Å². The summed E-state index contributed by atoms with van der Waals surface area (Å²) in [5.74, 6) is 0.883. The normalized spacial score (nSPS) is 12.3. The van der Waals surface area contributed by atoms with Crippen molar-refractivity contribution in [3.05, 3.63) is 17.3 Å². The molecule has 0 fully saturated rings. The number of carbonyl (C=O) groups excluding carboxylic acids is 1. The Balaban J connectivity index is 1.94. The zero-order valence-corrected chi connectivity index (χ0v) is 13.6. The lowest BCUT2D eigenvalue weighted by atomic mass is 10.2. The van der Waals surface area contributed by atoms with Gasteiger partial charge in [0.15, 0.2) is 0 Å². The van der Waals surface area contributed by atoms with E-state index in [-0.39, 0.29) is 11.9 Å². The van der Waals surface area contributed by atoms with Gasteiger partial charge in [0, 0.05) is 23.9 Å². The molecule has 0 aliphatic rings. The minimum atomic E-state index is 0.0710. The lowest BCUT2D eigenvalue weighted by molar-refractivity contribution is -0.121. The summed E-state index contributed by atoms with van der Waals surface area (Å²) in [6, 6.07) is 2.36. The van der Waals surface area contributed by atoms with Gasteiger partial charge in [-0.1, -0.05) is 13.8 Å². The van der Waals surface area contributed by atoms with Crippen LogP contribution in [-0.2, 0) is 11.2 Å². The molecule has 2 N–H and O–H groups in total. The van der Waals surface area contributed by atoms with Crippen LogP contribution in [0.4, 0.5) is 5.82 Å². The lowest BCUT2D eigenvalue weighted by Crippen LogP contribution is -2.33. The van der Waals surface area contributed by atoms with E-state index in [1.165, 1.54) is 4.88 Å². The highest BCUT2D eigenvalue weighted by molar-refractivity contribution is 7.18. The van der Waals surface area contributed by atoms with Crippen molar-refractivity contribution >= 4 is 33.3 Å². The molecule has 0 aliphatic heterocycles. The minimum absolute atomic E-state index is 0.0710. The molecule has 5 nitrogen and oxygen atoms in total. The Morgan fingerprint density at radius 1 is 1.38 bits per heavy atom. The summed E-state index contributed by atoms with van der Waals surface area (Å²) in [5, 5.41) is 7.24. The number of carbonyl (C=O) groups is 1. The molecule has 1 unspecified atom stereocenters. The van der Waals surface area contributed by atoms with Crippen molar-refractivity contribution in [3.8, 4) is 0 Å². The number of hydrogen-bond donors (Lipinski definition) is 2. The first-order valence-electron chi connectivity index (χ1n) is 7.40. The Kier molecular flexibility index (Phi) is 5.50. The van der Waals surface area contributed by atoms with Crippen molar-refractivity contribution in [2.24, 2.45) is 0 Å². The summed E-state index contributed by atoms with van der Waals surface area (Å²) < 4.78 is 0. The average molecular weight is 306 g/mol. The van der Waals surface area contributed by atoms with Crippen molar-refractivity contribution in [1.29, 1.82) is 0 Å². The van der Waals surface area contributed by atoms with E-state index >= 15 is 0 Å². The number of hydrogen-bond acceptors (Lipinski definition) is 5. The van der Waals surface area contributed by atoms with E-state index in [0.29, 0.717) is 13.0 Å². The van der Waals surface area contributed by atoms with E-state index in [1.54, 1.807) is 17.7 Å². The van der Waals surface area contributed by atoms with Gasteiger partial charge in [0.05, 0.1) is 5.39 Å². The van der Waals surface area contributed by atoms with Gasteiger partial charge < -0.3 is 10.6 Å². The van der Waals surface area contributed by atoms with Gasteiger partial charge in [-0.15, -0.1) is 11.3 Å². The van der Waals surface area contributed by atoms with Crippen LogP contribution in [0.2, 0.25) is 0 Å². The van der Waals surface area contributed by atoms with Crippen molar-refractivity contribution < 1.29 is 4.79 Å². The second kappa shape index (κ2) is 7.36. The molecular formula is C15H22N4OS. The largest absolute Gasteiger partial charge is 0.369 e. The molecule has 6 heteroatoms. The summed E-state index contributed by atoms with van der Waals surface area (Å²) in [5.41, 5.74) is 0. The van der Waals surface area contributed by atoms with Crippen molar-refractivity contribution in [2.45, 2.75) is 46.1 Å². The van der Waals surface area contributed by atoms with Crippen LogP contribution in [0.15, 0.2) is 12.4 Å². The van der Waals surface area contributed by atoms with Crippen LogP contribution >= 0.6 is 11.3 Å². The first-order valence-corrected chi connectivity index (χ1v) is 8.22. The predicted molar refractivity (Wildman–Crippen MR) is 87.8 cm³/mol. The quantitative estimate of drug-likeness (QED) is 0.825. The Morgan fingerprint density at radius 2 is 2.19 bits per heavy atom. The SMILES string of the molecule is CCc1cc2c(NCCC(=O)NC(C)CC)ncnc2s1. The highest BCUT2D eigenvalue weighted by Gasteiger charge is 2.09. The van der Waals surface area contributed by atoms with Gasteiger partial charge in [0.1, 0.15) is 17.0 Å². The molecule has 2 heterocycles. The molecule has 0 aliphatic carbocycles. The highest BCUT2D eigenvalue weighted by Crippen LogP contribution is 2.28. The molecule has 0 spiro atoms. The summed E-state index contributed by atoms with van der Waals surface area (Å²) in [6.07, 6.45) is 3.96. The third-order valence-corrected chi connectivity index (χ3v) is 4.58. The molecule has 21 heavy (non-hydrogen) atoms. The second-order valence-electron chi connectivity index (χ2n) is 5.06. The third kappa shape index (κ3) is 4.14. The summed E-state index contributed by atoms with van der Waals surface area (Å²) in [7, 11) is 0. The number of thiophene rings is 1. The number of nitrogens with zero attached hydrogens (tertiary/aromatic N) is 2. The van der Waals surface area contributed by atoms with E-state index in [2.05, 4.69) is 40.5 Å². The van der Waals surface area contributed by atoms with Crippen molar-refractivity contribution in [2.75, 3.05) is 11.9 Å². The number of aromatic nitrogens is 2. The van der Waals surface area contributed by atoms with Crippen molar-refractivity contribution in [1.82, 2.24) is 15.3 Å². The number of anilines is 1. The molecule has 0 bridgehead atoms. The Bertz CT molecular complexity index is 611. The van der Waals surface area contributed by atoms with E-state index < -0.39 is 0 Å². The average Bonchev–Trinajstić information content (AvgIpc) is 2.91. The van der Waals surface area contributed by atoms with Gasteiger partial charge in [-0.2, -0.15) is 0 Å². The third-order valence-electron chi connectivity index (χ3n) is 3.39. The van der Waals surface area contributed by atoms with Crippen LogP contribution in [0.25, 0.3) is 10.2 Å². The molecule has 114 valence electrons. The van der Waals surface area contributed by atoms with Crippen LogP contribution in [0, 0.1) is 0 Å². The van der Waals surface area contributed by atoms with Gasteiger partial charge in [0.2, 0.25) is 5.91 Å². The second-order valence-corrected chi connectivity index (χ2v) is 6.18. The maximum atomic E-state index is 11.7. The fourth-order valence-corrected chi connectivity index (χ4v) is 2.90. The number of amides is 1. The topological polar surface area (TPSA) is 66.9 Å². The van der Waals surface area contributed by atoms with Gasteiger partial charge in [-0.05, 0) is 25.8 Å². The zero-order valence-electron chi connectivity index (χ0n) is 12.8. The van der Waals surface area contributed by atoms with Crippen molar-refractivity contribution in [3.63, 3.8) is 0 Å². The zero-order chi connectivity index (χ0) is 15.2. The molecule has 2 aromatic heterocycles. The van der Waals surface area contributed by atoms with Gasteiger partial charge in [-0.3, -0.25) is 4.79 Å². The predicted octanol–water partition coefficient (Wildman–Crippen LogP) is 2.97. The van der Waals surface area contributed by atoms with E-state index in [0.717, 1.165) is 28.9 Å². The fraction of sp³-hybridized carbons (Fsp3) is 0.533. The first kappa shape index (κ1) is 15.7. The Morgan fingerprint density at radius 3 is 2.90 bits per heavy atom. The van der Waals surface area contributed by atoms with Crippen LogP contribution in [0.5, 0.6) is 0 Å². The minimum Gasteiger partial charge on any atom is -0.369 e. The van der Waals surface area contributed by atoms with Crippen LogP contribution in [0.1, 0.15) is 38.5 Å². The van der Waals surface area contributed by atoms with Crippen LogP contribution in [-0.4, -0.2) is 28.5 Å². The van der Waals surface area contributed by atoms with Gasteiger partial charge in [-0.25, -0.2) is 9.97 Å². The van der Waals surface area contributed by atoms with Crippen LogP contribution < -0.4 is 10.6 Å². The maximum Gasteiger partial charge on any atom is 0.221 e. The monoisotopic (exact) mass is 306 g/mol. The molecular weight excluding hydrogens is 284 g/mol. The van der Waals surface area contributed by atoms with Crippen LogP contribution in [0.3, 0.4) is 0 Å². The molecule has 0 saturated heterocycles. The Hall–Kier alpha value is -1.69. The summed E-state index contributed by atoms with van der Waals surface area (Å²) in [4.78, 5) is 22.6. The first-order chi connectivity index (χ1) is 10.1. The lowest BCUT2D eigenvalue weighted by Gasteiger charge is -2.11. The molecule has 0 radical (unpaired) electrons. The molecule has 2 rings (SSSR count). The molecule has 2 aromatic rings. The van der Waals surface area contributed by atoms with Gasteiger partial charge in [0.25, 0.3) is 0 Å². The Labute approximate surface area is 129 Å². The smallest absolute Gasteiger partial charge is 0.221 e. The number of aryl methyl sites for hydroxylation is 1. The highest BCUT2D eigenvalue weighted by atomic mass is 32.1. The van der Waals surface area contributed by atoms with E-state index in [4.69, 9.17) is 0 Å². The summed E-state index contributed by atoms with van der Waals surface area (Å²) >= 11 is 1.69. The maximum absolute atomic E-state index is 11.7. The number of rotatable bonds is 7. The fourth-order valence-electron chi connectivity index (χ4n) is 1.96. The van der Waals surface area contributed by atoms with E-state index in [9.17, 15) is 4.79 Å². The standard InChI is InChI=1S/C15H22N4OS/c1-4-10(3)19-13(20)6-7-16-14-12-8-11(5-2)21-15(12)18-9-17-14/h8-10H,4-7H2,1-3H3,(H,19,20)(H,16,17,18). The molecule has 0 aromatic carbocycles. The van der Waals surface area contributed by atoms with Gasteiger partial charge >= 0.3 is 0 Å². The molecule has 1 amide bonds. The molecule has 0 saturated carbocycles. The molecule has 1 atom stereocenters. The number of nitrogens with one attached hydrogen (secondary N) is 2.